The lowest BCUT2D eigenvalue weighted by Crippen LogP contribution is -2.33. The Morgan fingerprint density at radius 2 is 0.580 bits per heavy atom. The number of hydrogen-bond acceptors (Lipinski definition) is 15. The molecule has 0 bridgehead atoms. The number of hydrogen-bond donors (Lipinski definition) is 1. The highest BCUT2D eigenvalue weighted by atomic mass is 16.6. The average molecular weight is 720 g/mol. The molecule has 0 radical (unpaired) electrons. The van der Waals surface area contributed by atoms with Gasteiger partial charge in [0, 0.05) is 0 Å². The number of fused-ring (bicyclic) bond motifs is 1. The minimum atomic E-state index is -0.280. The summed E-state index contributed by atoms with van der Waals surface area (Å²) in [6.07, 6.45) is 0. The predicted molar refractivity (Wildman–Crippen MR) is 179 cm³/mol. The van der Waals surface area contributed by atoms with Gasteiger partial charge in [0.1, 0.15) is 0 Å². The van der Waals surface area contributed by atoms with Crippen LogP contribution in [0.2, 0.25) is 0 Å². The predicted octanol–water partition coefficient (Wildman–Crippen LogP) is 0.474. The molecule has 0 unspecified atom stereocenters. The van der Waals surface area contributed by atoms with Crippen LogP contribution in [0, 0.1) is 0 Å². The molecule has 16 nitrogen and oxygen atoms in total. The molecule has 1 aromatic rings. The minimum Gasteiger partial charge on any atom is -0.394 e. The molecule has 1 aliphatic heterocycles. The van der Waals surface area contributed by atoms with Gasteiger partial charge in [0.15, 0.2) is 0 Å². The first-order valence-corrected chi connectivity index (χ1v) is 17.2. The largest absolute Gasteiger partial charge is 0.394 e. The number of aliphatic hydroxyl groups excluding tert-OH is 1. The Hall–Kier alpha value is -2.16. The highest BCUT2D eigenvalue weighted by Gasteiger charge is 2.34. The Morgan fingerprint density at radius 3 is 0.820 bits per heavy atom. The zero-order valence-corrected chi connectivity index (χ0v) is 29.3. The summed E-state index contributed by atoms with van der Waals surface area (Å²) < 4.78 is 65.0. The second-order valence-electron chi connectivity index (χ2n) is 10.4. The van der Waals surface area contributed by atoms with Gasteiger partial charge in [-0.3, -0.25) is 14.5 Å². The van der Waals surface area contributed by atoms with Gasteiger partial charge in [0.05, 0.1) is 183 Å². The van der Waals surface area contributed by atoms with E-state index >= 15 is 0 Å². The third-order valence-electron chi connectivity index (χ3n) is 6.67. The van der Waals surface area contributed by atoms with Crippen molar-refractivity contribution in [1.29, 1.82) is 0 Å². The van der Waals surface area contributed by atoms with Gasteiger partial charge in [-0.05, 0) is 12.1 Å². The highest BCUT2D eigenvalue weighted by Crippen LogP contribution is 2.21. The van der Waals surface area contributed by atoms with E-state index in [2.05, 4.69) is 0 Å². The average Bonchev–Trinajstić information content (AvgIpc) is 3.37. The van der Waals surface area contributed by atoms with Crippen LogP contribution in [0.3, 0.4) is 0 Å². The normalized spacial score (nSPS) is 12.8. The molecule has 0 aliphatic carbocycles. The van der Waals surface area contributed by atoms with Gasteiger partial charge in [0.2, 0.25) is 0 Å². The van der Waals surface area contributed by atoms with Crippen LogP contribution in [0.1, 0.15) is 20.7 Å². The molecule has 50 heavy (non-hydrogen) atoms. The third-order valence-corrected chi connectivity index (χ3v) is 6.67. The minimum absolute atomic E-state index is 0.0188. The number of carbonyl (C=O) groups excluding carboxylic acids is 2. The molecule has 1 N–H and O–H groups in total. The van der Waals surface area contributed by atoms with E-state index in [4.69, 9.17) is 61.9 Å². The van der Waals surface area contributed by atoms with Crippen molar-refractivity contribution in [1.82, 2.24) is 4.90 Å². The second kappa shape index (κ2) is 32.7. The summed E-state index contributed by atoms with van der Waals surface area (Å²) in [5.41, 5.74) is 0.879. The van der Waals surface area contributed by atoms with E-state index in [9.17, 15) is 9.59 Å². The van der Waals surface area contributed by atoms with Crippen LogP contribution >= 0.6 is 0 Å². The third kappa shape index (κ3) is 22.6. The van der Waals surface area contributed by atoms with Gasteiger partial charge in [-0.15, -0.1) is 0 Å². The number of aliphatic hydroxyl groups is 1. The van der Waals surface area contributed by atoms with Gasteiger partial charge < -0.3 is 61.9 Å². The van der Waals surface area contributed by atoms with Crippen LogP contribution in [0.15, 0.2) is 24.3 Å². The summed E-state index contributed by atoms with van der Waals surface area (Å²) in [6.45, 7) is 11.1. The maximum absolute atomic E-state index is 12.3. The molecule has 2 amide bonds. The molecule has 1 aliphatic rings. The van der Waals surface area contributed by atoms with Gasteiger partial charge in [0.25, 0.3) is 11.8 Å². The lowest BCUT2D eigenvalue weighted by molar-refractivity contribution is -0.0286. The molecule has 16 heteroatoms. The van der Waals surface area contributed by atoms with Gasteiger partial charge in [-0.25, -0.2) is 0 Å². The fourth-order valence-corrected chi connectivity index (χ4v) is 4.18. The lowest BCUT2D eigenvalue weighted by atomic mass is 10.1. The molecule has 2 rings (SSSR count). The lowest BCUT2D eigenvalue weighted by Gasteiger charge is -2.13. The van der Waals surface area contributed by atoms with Crippen LogP contribution in [0.5, 0.6) is 0 Å². The fourth-order valence-electron chi connectivity index (χ4n) is 4.18. The number of benzene rings is 1. The molecular formula is C34H57NO15. The van der Waals surface area contributed by atoms with E-state index in [1.807, 2.05) is 0 Å². The fraction of sp³-hybridized carbons (Fsp3) is 0.765. The molecule has 0 atom stereocenters. The standard InChI is InChI=1S/C34H57NO15/c36-6-8-40-10-12-42-14-16-44-18-20-46-22-24-48-26-28-50-30-29-49-27-25-47-23-21-45-19-17-43-15-13-41-11-9-39-7-5-35-33(37)31-3-1-2-4-32(31)34(35)38/h1-4,36H,5-30H2. The van der Waals surface area contributed by atoms with Crippen LogP contribution in [0.4, 0.5) is 0 Å². The van der Waals surface area contributed by atoms with E-state index in [1.54, 1.807) is 24.3 Å². The van der Waals surface area contributed by atoms with Crippen molar-refractivity contribution in [2.75, 3.05) is 172 Å². The van der Waals surface area contributed by atoms with E-state index in [1.165, 1.54) is 4.90 Å². The van der Waals surface area contributed by atoms with Gasteiger partial charge >= 0.3 is 0 Å². The quantitative estimate of drug-likeness (QED) is 0.0740. The van der Waals surface area contributed by atoms with Crippen molar-refractivity contribution in [3.05, 3.63) is 35.4 Å². The Kier molecular flexibility index (Phi) is 28.8. The van der Waals surface area contributed by atoms with Crippen LogP contribution < -0.4 is 0 Å². The molecule has 0 fully saturated rings. The maximum Gasteiger partial charge on any atom is 0.261 e. The van der Waals surface area contributed by atoms with Crippen molar-refractivity contribution in [2.45, 2.75) is 0 Å². The number of carbonyl (C=O) groups is 2. The molecule has 1 heterocycles. The summed E-state index contributed by atoms with van der Waals surface area (Å²) in [5.74, 6) is -0.560. The van der Waals surface area contributed by atoms with E-state index in [0.29, 0.717) is 163 Å². The summed E-state index contributed by atoms with van der Waals surface area (Å²) in [5, 5.41) is 8.58. The molecule has 0 aromatic heterocycles. The van der Waals surface area contributed by atoms with E-state index < -0.39 is 0 Å². The zero-order valence-electron chi connectivity index (χ0n) is 29.3. The molecule has 0 spiro atoms. The molecule has 288 valence electrons. The van der Waals surface area contributed by atoms with Crippen molar-refractivity contribution < 1.29 is 71.5 Å². The summed E-state index contributed by atoms with van der Waals surface area (Å²) in [7, 11) is 0. The number of nitrogens with zero attached hydrogens (tertiary/aromatic N) is 1. The zero-order chi connectivity index (χ0) is 35.6. The van der Waals surface area contributed by atoms with Crippen LogP contribution in [-0.4, -0.2) is 194 Å². The van der Waals surface area contributed by atoms with E-state index in [-0.39, 0.29) is 31.6 Å². The maximum atomic E-state index is 12.3. The van der Waals surface area contributed by atoms with Crippen LogP contribution in [0.25, 0.3) is 0 Å². The highest BCUT2D eigenvalue weighted by molar-refractivity contribution is 6.21. The van der Waals surface area contributed by atoms with Crippen LogP contribution in [-0.2, 0) is 56.8 Å². The van der Waals surface area contributed by atoms with Crippen molar-refractivity contribution in [3.8, 4) is 0 Å². The number of imide groups is 1. The monoisotopic (exact) mass is 719 g/mol. The summed E-state index contributed by atoms with van der Waals surface area (Å²) in [6, 6.07) is 6.81. The Morgan fingerprint density at radius 1 is 0.360 bits per heavy atom. The number of amides is 2. The van der Waals surface area contributed by atoms with Crippen molar-refractivity contribution in [3.63, 3.8) is 0 Å². The first kappa shape index (κ1) is 44.0. The van der Waals surface area contributed by atoms with Crippen molar-refractivity contribution >= 4 is 11.8 Å². The smallest absolute Gasteiger partial charge is 0.261 e. The van der Waals surface area contributed by atoms with Gasteiger partial charge in [-0.1, -0.05) is 12.1 Å². The molecule has 0 saturated carbocycles. The number of ether oxygens (including phenoxy) is 12. The van der Waals surface area contributed by atoms with Gasteiger partial charge in [-0.2, -0.15) is 0 Å². The molecule has 1 aromatic carbocycles. The first-order valence-electron chi connectivity index (χ1n) is 17.2. The summed E-state index contributed by atoms with van der Waals surface area (Å²) in [4.78, 5) is 25.8. The first-order chi connectivity index (χ1) is 24.8. The van der Waals surface area contributed by atoms with E-state index in [0.717, 1.165) is 0 Å². The Bertz CT molecular complexity index is 922. The Balaban J connectivity index is 1.16. The summed E-state index contributed by atoms with van der Waals surface area (Å²) >= 11 is 0. The SMILES string of the molecule is O=C1c2ccccc2C(=O)N1CCOCCOCCOCCOCCOCCOCCOCCOCCOCCOCCOCCOCCO. The molecular weight excluding hydrogens is 662 g/mol. The van der Waals surface area contributed by atoms with Crippen molar-refractivity contribution in [2.24, 2.45) is 0 Å². The second-order valence-corrected chi connectivity index (χ2v) is 10.4. The number of rotatable bonds is 38. The molecule has 0 saturated heterocycles. The topological polar surface area (TPSA) is 168 Å². The Labute approximate surface area is 295 Å².